The highest BCUT2D eigenvalue weighted by Crippen LogP contribution is 2.35. The number of fused-ring (bicyclic) bond motifs is 1. The minimum atomic E-state index is -0.248. The SMILES string of the molecule is Cc1[nH]c(/C=C2\C(=O)Nc3ccc(C(=O)N[C@H](C)c4ccccc4)cc32)c(C)c1C(=O)NC1CCNCC1. The lowest BCUT2D eigenvalue weighted by Crippen LogP contribution is -2.42. The number of nitrogens with one attached hydrogen (secondary N) is 5. The molecular formula is C30H33N5O3. The molecular weight excluding hydrogens is 478 g/mol. The summed E-state index contributed by atoms with van der Waals surface area (Å²) in [6.45, 7) is 7.48. The number of carbonyl (C=O) groups is 3. The summed E-state index contributed by atoms with van der Waals surface area (Å²) in [4.78, 5) is 42.3. The van der Waals surface area contributed by atoms with Crippen molar-refractivity contribution in [2.75, 3.05) is 18.4 Å². The van der Waals surface area contributed by atoms with E-state index in [1.807, 2.05) is 51.1 Å². The highest BCUT2D eigenvalue weighted by atomic mass is 16.2. The molecule has 2 aliphatic heterocycles. The summed E-state index contributed by atoms with van der Waals surface area (Å²) in [6, 6.07) is 14.9. The molecule has 3 aromatic rings. The third kappa shape index (κ3) is 5.13. The van der Waals surface area contributed by atoms with Crippen LogP contribution in [0.5, 0.6) is 0 Å². The van der Waals surface area contributed by atoms with Gasteiger partial charge < -0.3 is 26.3 Å². The number of aromatic amines is 1. The second kappa shape index (κ2) is 10.7. The molecule has 1 aromatic heterocycles. The number of carbonyl (C=O) groups excluding carboxylic acids is 3. The van der Waals surface area contributed by atoms with E-state index in [-0.39, 0.29) is 29.8 Å². The number of hydrogen-bond acceptors (Lipinski definition) is 4. The summed E-state index contributed by atoms with van der Waals surface area (Å²) in [5.41, 5.74) is 6.07. The third-order valence-corrected chi connectivity index (χ3v) is 7.38. The Balaban J connectivity index is 1.39. The summed E-state index contributed by atoms with van der Waals surface area (Å²) in [5.74, 6) is -0.565. The van der Waals surface area contributed by atoms with Gasteiger partial charge in [0.2, 0.25) is 0 Å². The van der Waals surface area contributed by atoms with Crippen LogP contribution in [0.3, 0.4) is 0 Å². The van der Waals surface area contributed by atoms with Gasteiger partial charge in [0.1, 0.15) is 0 Å². The van der Waals surface area contributed by atoms with Gasteiger partial charge in [0.05, 0.1) is 17.2 Å². The minimum Gasteiger partial charge on any atom is -0.358 e. The van der Waals surface area contributed by atoms with Crippen molar-refractivity contribution in [1.29, 1.82) is 0 Å². The lowest BCUT2D eigenvalue weighted by molar-refractivity contribution is -0.110. The monoisotopic (exact) mass is 511 g/mol. The van der Waals surface area contributed by atoms with Crippen molar-refractivity contribution in [1.82, 2.24) is 20.9 Å². The summed E-state index contributed by atoms with van der Waals surface area (Å²) in [5, 5.41) is 12.4. The van der Waals surface area contributed by atoms with Gasteiger partial charge in [-0.15, -0.1) is 0 Å². The average molecular weight is 512 g/mol. The van der Waals surface area contributed by atoms with Gasteiger partial charge in [-0.05, 0) is 82.1 Å². The number of piperidine rings is 1. The first-order valence-corrected chi connectivity index (χ1v) is 13.1. The summed E-state index contributed by atoms with van der Waals surface area (Å²) in [7, 11) is 0. The zero-order valence-electron chi connectivity index (χ0n) is 21.9. The van der Waals surface area contributed by atoms with E-state index >= 15 is 0 Å². The molecule has 1 saturated heterocycles. The minimum absolute atomic E-state index is 0.101. The van der Waals surface area contributed by atoms with Crippen LogP contribution in [0.2, 0.25) is 0 Å². The molecule has 0 saturated carbocycles. The Kier molecular flexibility index (Phi) is 7.15. The van der Waals surface area contributed by atoms with Gasteiger partial charge in [-0.25, -0.2) is 0 Å². The molecule has 1 fully saturated rings. The number of H-pyrrole nitrogens is 1. The number of aromatic nitrogens is 1. The Bertz CT molecular complexity index is 1420. The number of rotatable bonds is 6. The molecule has 8 heteroatoms. The largest absolute Gasteiger partial charge is 0.358 e. The van der Waals surface area contributed by atoms with E-state index < -0.39 is 0 Å². The van der Waals surface area contributed by atoms with E-state index in [4.69, 9.17) is 0 Å². The Morgan fingerprint density at radius 2 is 1.76 bits per heavy atom. The maximum Gasteiger partial charge on any atom is 0.256 e. The second-order valence-electron chi connectivity index (χ2n) is 10.0. The molecule has 0 unspecified atom stereocenters. The van der Waals surface area contributed by atoms with Crippen LogP contribution in [-0.2, 0) is 4.79 Å². The van der Waals surface area contributed by atoms with Crippen molar-refractivity contribution in [2.24, 2.45) is 0 Å². The molecule has 0 bridgehead atoms. The van der Waals surface area contributed by atoms with Crippen LogP contribution < -0.4 is 21.3 Å². The molecule has 196 valence electrons. The smallest absolute Gasteiger partial charge is 0.256 e. The summed E-state index contributed by atoms with van der Waals surface area (Å²) >= 11 is 0. The fourth-order valence-electron chi connectivity index (χ4n) is 5.20. The van der Waals surface area contributed by atoms with Crippen molar-refractivity contribution < 1.29 is 14.4 Å². The van der Waals surface area contributed by atoms with Crippen LogP contribution >= 0.6 is 0 Å². The Morgan fingerprint density at radius 3 is 2.50 bits per heavy atom. The Hall–Kier alpha value is -4.17. The van der Waals surface area contributed by atoms with E-state index in [9.17, 15) is 14.4 Å². The maximum absolute atomic E-state index is 13.1. The lowest BCUT2D eigenvalue weighted by atomic mass is 10.0. The molecule has 38 heavy (non-hydrogen) atoms. The summed E-state index contributed by atoms with van der Waals surface area (Å²) < 4.78 is 0. The summed E-state index contributed by atoms with van der Waals surface area (Å²) in [6.07, 6.45) is 3.57. The molecule has 8 nitrogen and oxygen atoms in total. The predicted molar refractivity (Wildman–Crippen MR) is 149 cm³/mol. The van der Waals surface area contributed by atoms with E-state index in [0.29, 0.717) is 33.6 Å². The number of aryl methyl sites for hydroxylation is 1. The quantitative estimate of drug-likeness (QED) is 0.321. The molecule has 2 aliphatic rings. The van der Waals surface area contributed by atoms with Crippen LogP contribution in [0.15, 0.2) is 48.5 Å². The van der Waals surface area contributed by atoms with Gasteiger partial charge in [-0.1, -0.05) is 30.3 Å². The first-order valence-electron chi connectivity index (χ1n) is 13.1. The van der Waals surface area contributed by atoms with Crippen molar-refractivity contribution in [3.63, 3.8) is 0 Å². The van der Waals surface area contributed by atoms with Crippen LogP contribution in [0.25, 0.3) is 11.6 Å². The Morgan fingerprint density at radius 1 is 1.03 bits per heavy atom. The number of hydrogen-bond donors (Lipinski definition) is 5. The van der Waals surface area contributed by atoms with E-state index in [2.05, 4.69) is 26.3 Å². The van der Waals surface area contributed by atoms with Gasteiger partial charge in [-0.2, -0.15) is 0 Å². The fraction of sp³-hybridized carbons (Fsp3) is 0.300. The molecule has 0 spiro atoms. The van der Waals surface area contributed by atoms with Crippen LogP contribution in [0, 0.1) is 13.8 Å². The van der Waals surface area contributed by atoms with Gasteiger partial charge in [0.15, 0.2) is 0 Å². The molecule has 3 heterocycles. The average Bonchev–Trinajstić information content (AvgIpc) is 3.38. The first kappa shape index (κ1) is 25.5. The van der Waals surface area contributed by atoms with Crippen LogP contribution in [-0.4, -0.2) is 41.8 Å². The molecule has 0 radical (unpaired) electrons. The number of anilines is 1. The standard InChI is InChI=1S/C30H33N5O3/c1-17-26(32-19(3)27(17)30(38)34-22-11-13-31-14-12-22)16-24-23-15-21(9-10-25(23)35-29(24)37)28(36)33-18(2)20-7-5-4-6-8-20/h4-10,15-16,18,22,31-32H,11-14H2,1-3H3,(H,33,36)(H,34,38)(H,35,37)/b24-16-/t18-/m1/s1. The van der Waals surface area contributed by atoms with E-state index in [1.165, 1.54) is 0 Å². The molecule has 3 amide bonds. The van der Waals surface area contributed by atoms with E-state index in [0.717, 1.165) is 42.8 Å². The molecule has 5 rings (SSSR count). The van der Waals surface area contributed by atoms with Crippen molar-refractivity contribution in [2.45, 2.75) is 45.7 Å². The molecule has 2 aromatic carbocycles. The van der Waals surface area contributed by atoms with Crippen molar-refractivity contribution in [3.05, 3.63) is 87.7 Å². The number of amides is 3. The van der Waals surface area contributed by atoms with Crippen LogP contribution in [0.4, 0.5) is 5.69 Å². The molecule has 0 aliphatic carbocycles. The highest BCUT2D eigenvalue weighted by molar-refractivity contribution is 6.35. The van der Waals surface area contributed by atoms with Crippen LogP contribution in [0.1, 0.15) is 74.6 Å². The molecule has 1 atom stereocenters. The van der Waals surface area contributed by atoms with Gasteiger partial charge in [0.25, 0.3) is 17.7 Å². The van der Waals surface area contributed by atoms with Gasteiger partial charge in [-0.3, -0.25) is 14.4 Å². The predicted octanol–water partition coefficient (Wildman–Crippen LogP) is 4.10. The topological polar surface area (TPSA) is 115 Å². The highest BCUT2D eigenvalue weighted by Gasteiger charge is 2.27. The first-order chi connectivity index (χ1) is 18.3. The van der Waals surface area contributed by atoms with E-state index in [1.54, 1.807) is 24.3 Å². The third-order valence-electron chi connectivity index (χ3n) is 7.38. The van der Waals surface area contributed by atoms with Gasteiger partial charge >= 0.3 is 0 Å². The fourth-order valence-corrected chi connectivity index (χ4v) is 5.20. The zero-order valence-corrected chi connectivity index (χ0v) is 21.9. The Labute approximate surface area is 222 Å². The van der Waals surface area contributed by atoms with Crippen molar-refractivity contribution in [3.8, 4) is 0 Å². The lowest BCUT2D eigenvalue weighted by Gasteiger charge is -2.23. The zero-order chi connectivity index (χ0) is 26.8. The number of benzene rings is 2. The molecule has 5 N–H and O–H groups in total. The van der Waals surface area contributed by atoms with Crippen molar-refractivity contribution >= 4 is 35.1 Å². The maximum atomic E-state index is 13.1. The second-order valence-corrected chi connectivity index (χ2v) is 10.0. The van der Waals surface area contributed by atoms with Gasteiger partial charge in [0, 0.05) is 34.2 Å². The normalized spacial score (nSPS) is 17.1.